The van der Waals surface area contributed by atoms with Gasteiger partial charge in [-0.3, -0.25) is 4.79 Å². The first-order valence-corrected chi connectivity index (χ1v) is 6.88. The lowest BCUT2D eigenvalue weighted by molar-refractivity contribution is 0.0316. The van der Waals surface area contributed by atoms with Crippen LogP contribution >= 0.6 is 0 Å². The number of hydrogen-bond acceptors (Lipinski definition) is 4. The van der Waals surface area contributed by atoms with Crippen LogP contribution in [0.4, 0.5) is 4.39 Å². The molecule has 1 atom stereocenters. The van der Waals surface area contributed by atoms with Gasteiger partial charge in [-0.15, -0.1) is 0 Å². The van der Waals surface area contributed by atoms with E-state index < -0.39 is 17.9 Å². The van der Waals surface area contributed by atoms with Gasteiger partial charge in [0.05, 0.1) is 0 Å². The summed E-state index contributed by atoms with van der Waals surface area (Å²) in [6.07, 6.45) is -0.966. The number of ether oxygens (including phenoxy) is 1. The first kappa shape index (κ1) is 15.9. The molecule has 4 nitrogen and oxygen atoms in total. The van der Waals surface area contributed by atoms with Crippen LogP contribution in [0.25, 0.3) is 0 Å². The number of benzene rings is 1. The standard InChI is InChI=1S/C17H17FO4/c1-9-10(2)21-11(3)15(9)17(20)22-12(4)16(19)13-5-7-14(18)8-6-13/h5-8,12H,1-4H3. The number of carbonyl (C=O) groups excluding carboxylic acids is 2. The second-order valence-corrected chi connectivity index (χ2v) is 5.13. The van der Waals surface area contributed by atoms with E-state index in [0.717, 1.165) is 0 Å². The number of ketones is 1. The van der Waals surface area contributed by atoms with Gasteiger partial charge in [0.15, 0.2) is 6.10 Å². The lowest BCUT2D eigenvalue weighted by Gasteiger charge is -2.12. The van der Waals surface area contributed by atoms with Crippen molar-refractivity contribution < 1.29 is 23.1 Å². The highest BCUT2D eigenvalue weighted by atomic mass is 19.1. The van der Waals surface area contributed by atoms with Gasteiger partial charge in [0.25, 0.3) is 0 Å². The van der Waals surface area contributed by atoms with Crippen molar-refractivity contribution in [2.45, 2.75) is 33.8 Å². The summed E-state index contributed by atoms with van der Waals surface area (Å²) in [7, 11) is 0. The minimum Gasteiger partial charge on any atom is -0.465 e. The normalized spacial score (nSPS) is 12.0. The molecule has 0 saturated carbocycles. The third-order valence-electron chi connectivity index (χ3n) is 3.55. The molecule has 0 bridgehead atoms. The molecule has 0 N–H and O–H groups in total. The van der Waals surface area contributed by atoms with E-state index in [1.54, 1.807) is 20.8 Å². The van der Waals surface area contributed by atoms with Gasteiger partial charge in [0, 0.05) is 11.1 Å². The summed E-state index contributed by atoms with van der Waals surface area (Å²) in [6.45, 7) is 6.67. The summed E-state index contributed by atoms with van der Waals surface area (Å²) >= 11 is 0. The van der Waals surface area contributed by atoms with E-state index in [-0.39, 0.29) is 5.78 Å². The van der Waals surface area contributed by atoms with Crippen LogP contribution in [0.2, 0.25) is 0 Å². The maximum absolute atomic E-state index is 12.9. The van der Waals surface area contributed by atoms with E-state index in [2.05, 4.69) is 0 Å². The van der Waals surface area contributed by atoms with Crippen LogP contribution in [0, 0.1) is 26.6 Å². The number of halogens is 1. The van der Waals surface area contributed by atoms with E-state index in [1.807, 2.05) is 0 Å². The quantitative estimate of drug-likeness (QED) is 0.637. The molecule has 1 aromatic heterocycles. The third-order valence-corrected chi connectivity index (χ3v) is 3.55. The number of Topliss-reactive ketones (excluding diaryl/α,β-unsaturated/α-hetero) is 1. The van der Waals surface area contributed by atoms with Crippen molar-refractivity contribution in [3.8, 4) is 0 Å². The van der Waals surface area contributed by atoms with Gasteiger partial charge in [0.1, 0.15) is 22.9 Å². The van der Waals surface area contributed by atoms with Crippen molar-refractivity contribution in [3.63, 3.8) is 0 Å². The van der Waals surface area contributed by atoms with E-state index in [4.69, 9.17) is 9.15 Å². The van der Waals surface area contributed by atoms with E-state index in [1.165, 1.54) is 31.2 Å². The third kappa shape index (κ3) is 3.08. The number of esters is 1. The second kappa shape index (κ2) is 6.13. The van der Waals surface area contributed by atoms with Gasteiger partial charge in [-0.25, -0.2) is 9.18 Å². The topological polar surface area (TPSA) is 56.5 Å². The van der Waals surface area contributed by atoms with Crippen LogP contribution < -0.4 is 0 Å². The molecule has 0 spiro atoms. The Bertz CT molecular complexity index is 713. The van der Waals surface area contributed by atoms with Gasteiger partial charge in [-0.1, -0.05) is 0 Å². The minimum absolute atomic E-state index is 0.290. The summed E-state index contributed by atoms with van der Waals surface area (Å²) in [5.41, 5.74) is 1.33. The van der Waals surface area contributed by atoms with Crippen molar-refractivity contribution in [2.24, 2.45) is 0 Å². The van der Waals surface area contributed by atoms with E-state index >= 15 is 0 Å². The zero-order valence-corrected chi connectivity index (χ0v) is 12.9. The largest absolute Gasteiger partial charge is 0.465 e. The highest BCUT2D eigenvalue weighted by Gasteiger charge is 2.25. The monoisotopic (exact) mass is 304 g/mol. The molecule has 116 valence electrons. The summed E-state index contributed by atoms with van der Waals surface area (Å²) in [5.74, 6) is -0.316. The van der Waals surface area contributed by atoms with Crippen LogP contribution in [0.15, 0.2) is 28.7 Å². The fourth-order valence-corrected chi connectivity index (χ4v) is 2.22. The molecule has 0 saturated heterocycles. The summed E-state index contributed by atoms with van der Waals surface area (Å²) in [4.78, 5) is 24.4. The van der Waals surface area contributed by atoms with Crippen LogP contribution in [-0.4, -0.2) is 17.9 Å². The molecule has 1 aromatic carbocycles. The number of hydrogen-bond donors (Lipinski definition) is 0. The molecule has 0 aliphatic carbocycles. The predicted octanol–water partition coefficient (Wildman–Crippen LogP) is 3.77. The van der Waals surface area contributed by atoms with E-state index in [9.17, 15) is 14.0 Å². The fourth-order valence-electron chi connectivity index (χ4n) is 2.22. The molecule has 22 heavy (non-hydrogen) atoms. The molecule has 0 amide bonds. The zero-order valence-electron chi connectivity index (χ0n) is 12.9. The Kier molecular flexibility index (Phi) is 4.45. The average molecular weight is 304 g/mol. The lowest BCUT2D eigenvalue weighted by atomic mass is 10.1. The molecule has 0 aliphatic heterocycles. The molecular formula is C17H17FO4. The average Bonchev–Trinajstić information content (AvgIpc) is 2.72. The van der Waals surface area contributed by atoms with Crippen LogP contribution in [-0.2, 0) is 4.74 Å². The Hall–Kier alpha value is -2.43. The predicted molar refractivity (Wildman–Crippen MR) is 78.5 cm³/mol. The highest BCUT2D eigenvalue weighted by molar-refractivity contribution is 6.01. The van der Waals surface area contributed by atoms with Crippen LogP contribution in [0.1, 0.15) is 44.7 Å². The van der Waals surface area contributed by atoms with Gasteiger partial charge in [0.2, 0.25) is 5.78 Å². The van der Waals surface area contributed by atoms with Gasteiger partial charge < -0.3 is 9.15 Å². The maximum atomic E-state index is 12.9. The number of furan rings is 1. The highest BCUT2D eigenvalue weighted by Crippen LogP contribution is 2.22. The Morgan fingerprint density at radius 1 is 1.09 bits per heavy atom. The molecular weight excluding hydrogens is 287 g/mol. The molecule has 1 unspecified atom stereocenters. The molecule has 1 heterocycles. The Morgan fingerprint density at radius 3 is 2.18 bits per heavy atom. The molecule has 0 radical (unpaired) electrons. The summed E-state index contributed by atoms with van der Waals surface area (Å²) in [5, 5.41) is 0. The van der Waals surface area contributed by atoms with Crippen molar-refractivity contribution in [2.75, 3.05) is 0 Å². The molecule has 2 aromatic rings. The second-order valence-electron chi connectivity index (χ2n) is 5.13. The molecule has 0 fully saturated rings. The molecule has 0 aliphatic rings. The maximum Gasteiger partial charge on any atom is 0.342 e. The molecule has 2 rings (SSSR count). The number of rotatable bonds is 4. The Labute approximate surface area is 127 Å². The van der Waals surface area contributed by atoms with Crippen molar-refractivity contribution in [1.29, 1.82) is 0 Å². The van der Waals surface area contributed by atoms with Crippen molar-refractivity contribution >= 4 is 11.8 Å². The lowest BCUT2D eigenvalue weighted by Crippen LogP contribution is -2.24. The van der Waals surface area contributed by atoms with Crippen molar-refractivity contribution in [3.05, 3.63) is 58.3 Å². The smallest absolute Gasteiger partial charge is 0.342 e. The van der Waals surface area contributed by atoms with Gasteiger partial charge in [-0.2, -0.15) is 0 Å². The minimum atomic E-state index is -0.966. The van der Waals surface area contributed by atoms with Gasteiger partial charge in [-0.05, 0) is 52.0 Å². The number of carbonyl (C=O) groups is 2. The van der Waals surface area contributed by atoms with E-state index in [0.29, 0.717) is 28.2 Å². The Balaban J connectivity index is 2.14. The summed E-state index contributed by atoms with van der Waals surface area (Å²) in [6, 6.07) is 5.10. The SMILES string of the molecule is Cc1oc(C)c(C(=O)OC(C)C(=O)c2ccc(F)cc2)c1C. The fraction of sp³-hybridized carbons (Fsp3) is 0.294. The van der Waals surface area contributed by atoms with Gasteiger partial charge >= 0.3 is 5.97 Å². The molecule has 5 heteroatoms. The van der Waals surface area contributed by atoms with Crippen molar-refractivity contribution in [1.82, 2.24) is 0 Å². The first-order valence-electron chi connectivity index (χ1n) is 6.88. The zero-order chi connectivity index (χ0) is 16.4. The Morgan fingerprint density at radius 2 is 1.68 bits per heavy atom. The number of aryl methyl sites for hydroxylation is 2. The van der Waals surface area contributed by atoms with Crippen LogP contribution in [0.3, 0.4) is 0 Å². The van der Waals surface area contributed by atoms with Crippen LogP contribution in [0.5, 0.6) is 0 Å². The summed E-state index contributed by atoms with van der Waals surface area (Å²) < 4.78 is 23.5. The first-order chi connectivity index (χ1) is 10.3.